The molecule has 0 radical (unpaired) electrons. The van der Waals surface area contributed by atoms with Gasteiger partial charge in [0.05, 0.1) is 12.5 Å². The van der Waals surface area contributed by atoms with Gasteiger partial charge in [-0.3, -0.25) is 9.59 Å². The molecule has 0 saturated heterocycles. The zero-order chi connectivity index (χ0) is 17.6. The predicted octanol–water partition coefficient (Wildman–Crippen LogP) is 3.36. The van der Waals surface area contributed by atoms with E-state index < -0.39 is 6.04 Å². The fraction of sp³-hybridized carbons (Fsp3) is 0.474. The van der Waals surface area contributed by atoms with Crippen LogP contribution in [0.4, 0.5) is 0 Å². The molecule has 1 unspecified atom stereocenters. The van der Waals surface area contributed by atoms with Crippen molar-refractivity contribution in [2.24, 2.45) is 13.0 Å². The summed E-state index contributed by atoms with van der Waals surface area (Å²) in [6.45, 7) is 11.3. The third kappa shape index (κ3) is 4.68. The van der Waals surface area contributed by atoms with Gasteiger partial charge in [-0.2, -0.15) is 0 Å². The average molecular weight is 316 g/mol. The number of hydrogen-bond acceptors (Lipinski definition) is 2. The van der Waals surface area contributed by atoms with E-state index in [1.54, 1.807) is 6.08 Å². The number of aromatic nitrogens is 1. The number of amides is 1. The monoisotopic (exact) mass is 316 g/mol. The number of Topliss-reactive ketones (excluding diaryl/α,β-unsaturated/α-hetero) is 1. The minimum Gasteiger partial charge on any atom is -0.350 e. The largest absolute Gasteiger partial charge is 0.350 e. The van der Waals surface area contributed by atoms with Crippen LogP contribution in [0.5, 0.6) is 0 Å². The Morgan fingerprint density at radius 1 is 1.43 bits per heavy atom. The van der Waals surface area contributed by atoms with Gasteiger partial charge in [0.15, 0.2) is 5.78 Å². The molecule has 0 aromatic carbocycles. The number of aryl methyl sites for hydroxylation is 1. The molecule has 4 heteroatoms. The second-order valence-corrected chi connectivity index (χ2v) is 5.99. The molecule has 0 fully saturated rings. The van der Waals surface area contributed by atoms with Gasteiger partial charge in [-0.05, 0) is 31.4 Å². The molecule has 0 spiro atoms. The molecule has 1 amide bonds. The summed E-state index contributed by atoms with van der Waals surface area (Å²) in [6, 6.07) is -0.418. The number of allylic oxidation sites excluding steroid dienone is 1. The quantitative estimate of drug-likeness (QED) is 0.799. The second kappa shape index (κ2) is 8.51. The van der Waals surface area contributed by atoms with Gasteiger partial charge in [0, 0.05) is 24.5 Å². The standard InChI is InChI=1S/C19H28N2O2/c1-7-10-17-16(9-3)15(12-21(17)6)11-18(23)20-19(14(5)22)13(4)8-2/h7,9-10,12-13,19H,3,8,11H2,1-2,4-6H3,(H,20,23)/b10-7-/t13-,19?/m0/s1. The van der Waals surface area contributed by atoms with E-state index in [2.05, 4.69) is 11.9 Å². The first-order valence-corrected chi connectivity index (χ1v) is 8.08. The van der Waals surface area contributed by atoms with Crippen LogP contribution in [0.2, 0.25) is 0 Å². The minimum atomic E-state index is -0.418. The Labute approximate surface area is 139 Å². The molecule has 1 heterocycles. The van der Waals surface area contributed by atoms with E-state index in [1.165, 1.54) is 6.92 Å². The maximum atomic E-state index is 12.4. The van der Waals surface area contributed by atoms with Crippen molar-refractivity contribution >= 4 is 23.8 Å². The predicted molar refractivity (Wildman–Crippen MR) is 96.0 cm³/mol. The molecule has 0 bridgehead atoms. The van der Waals surface area contributed by atoms with Crippen LogP contribution < -0.4 is 5.32 Å². The van der Waals surface area contributed by atoms with Gasteiger partial charge in [-0.15, -0.1) is 0 Å². The lowest BCUT2D eigenvalue weighted by atomic mass is 9.95. The molecule has 126 valence electrons. The SMILES string of the molecule is C=Cc1c(CC(=O)NC(C(C)=O)[C@@H](C)CC)cn(C)c1/C=C\C. The highest BCUT2D eigenvalue weighted by atomic mass is 16.2. The summed E-state index contributed by atoms with van der Waals surface area (Å²) in [5, 5.41) is 2.88. The third-order valence-electron chi connectivity index (χ3n) is 4.20. The van der Waals surface area contributed by atoms with Crippen molar-refractivity contribution < 1.29 is 9.59 Å². The number of hydrogen-bond donors (Lipinski definition) is 1. The molecule has 1 aromatic rings. The lowest BCUT2D eigenvalue weighted by molar-refractivity contribution is -0.127. The zero-order valence-corrected chi connectivity index (χ0v) is 14.8. The molecule has 1 N–H and O–H groups in total. The summed E-state index contributed by atoms with van der Waals surface area (Å²) >= 11 is 0. The average Bonchev–Trinajstić information content (AvgIpc) is 2.79. The first kappa shape index (κ1) is 18.9. The fourth-order valence-corrected chi connectivity index (χ4v) is 2.75. The van der Waals surface area contributed by atoms with Crippen LogP contribution in [0, 0.1) is 5.92 Å². The van der Waals surface area contributed by atoms with Crippen molar-refractivity contribution in [2.45, 2.75) is 46.6 Å². The molecule has 0 aliphatic rings. The van der Waals surface area contributed by atoms with E-state index in [0.29, 0.717) is 0 Å². The van der Waals surface area contributed by atoms with Gasteiger partial charge >= 0.3 is 0 Å². The van der Waals surface area contributed by atoms with Crippen LogP contribution in [0.3, 0.4) is 0 Å². The van der Waals surface area contributed by atoms with E-state index >= 15 is 0 Å². The number of nitrogens with one attached hydrogen (secondary N) is 1. The molecule has 2 atom stereocenters. The number of ketones is 1. The fourth-order valence-electron chi connectivity index (χ4n) is 2.75. The first-order chi connectivity index (χ1) is 10.8. The second-order valence-electron chi connectivity index (χ2n) is 5.99. The topological polar surface area (TPSA) is 51.1 Å². The third-order valence-corrected chi connectivity index (χ3v) is 4.20. The summed E-state index contributed by atoms with van der Waals surface area (Å²) in [6.07, 6.45) is 8.76. The molecular weight excluding hydrogens is 288 g/mol. The van der Waals surface area contributed by atoms with Crippen molar-refractivity contribution in [3.05, 3.63) is 35.7 Å². The van der Waals surface area contributed by atoms with Crippen molar-refractivity contribution in [2.75, 3.05) is 0 Å². The number of rotatable bonds is 8. The van der Waals surface area contributed by atoms with Crippen LogP contribution in [0.15, 0.2) is 18.9 Å². The van der Waals surface area contributed by atoms with E-state index in [4.69, 9.17) is 0 Å². The molecule has 23 heavy (non-hydrogen) atoms. The minimum absolute atomic E-state index is 0.000638. The maximum absolute atomic E-state index is 12.4. The highest BCUT2D eigenvalue weighted by Gasteiger charge is 2.23. The summed E-state index contributed by atoms with van der Waals surface area (Å²) in [5.74, 6) is -0.00442. The lowest BCUT2D eigenvalue weighted by Crippen LogP contribution is -2.44. The Morgan fingerprint density at radius 3 is 2.57 bits per heavy atom. The Bertz CT molecular complexity index is 611. The molecule has 1 rings (SSSR count). The van der Waals surface area contributed by atoms with E-state index in [0.717, 1.165) is 23.2 Å². The van der Waals surface area contributed by atoms with Crippen LogP contribution in [0.25, 0.3) is 12.2 Å². The maximum Gasteiger partial charge on any atom is 0.225 e. The van der Waals surface area contributed by atoms with Gasteiger partial charge in [0.2, 0.25) is 5.91 Å². The summed E-state index contributed by atoms with van der Waals surface area (Å²) in [5.41, 5.74) is 2.90. The summed E-state index contributed by atoms with van der Waals surface area (Å²) in [4.78, 5) is 24.1. The van der Waals surface area contributed by atoms with Gasteiger partial charge in [0.1, 0.15) is 0 Å². The smallest absolute Gasteiger partial charge is 0.225 e. The molecular formula is C19H28N2O2. The molecule has 1 aromatic heterocycles. The Morgan fingerprint density at radius 2 is 2.09 bits per heavy atom. The summed E-state index contributed by atoms with van der Waals surface area (Å²) < 4.78 is 1.98. The number of carbonyl (C=O) groups excluding carboxylic acids is 2. The van der Waals surface area contributed by atoms with Gasteiger partial charge < -0.3 is 9.88 Å². The zero-order valence-electron chi connectivity index (χ0n) is 14.8. The van der Waals surface area contributed by atoms with Gasteiger partial charge in [0.25, 0.3) is 0 Å². The molecule has 0 aliphatic heterocycles. The van der Waals surface area contributed by atoms with Crippen LogP contribution in [-0.2, 0) is 23.1 Å². The first-order valence-electron chi connectivity index (χ1n) is 8.08. The van der Waals surface area contributed by atoms with Crippen LogP contribution >= 0.6 is 0 Å². The van der Waals surface area contributed by atoms with E-state index in [9.17, 15) is 9.59 Å². The normalized spacial score (nSPS) is 13.8. The molecule has 0 aliphatic carbocycles. The van der Waals surface area contributed by atoms with Crippen molar-refractivity contribution in [1.82, 2.24) is 9.88 Å². The van der Waals surface area contributed by atoms with Crippen molar-refractivity contribution in [3.8, 4) is 0 Å². The van der Waals surface area contributed by atoms with E-state index in [-0.39, 0.29) is 24.0 Å². The number of nitrogens with zero attached hydrogens (tertiary/aromatic N) is 1. The lowest BCUT2D eigenvalue weighted by Gasteiger charge is -2.21. The summed E-state index contributed by atoms with van der Waals surface area (Å²) in [7, 11) is 1.95. The van der Waals surface area contributed by atoms with Crippen LogP contribution in [-0.4, -0.2) is 22.3 Å². The van der Waals surface area contributed by atoms with Crippen LogP contribution in [0.1, 0.15) is 50.9 Å². The van der Waals surface area contributed by atoms with Gasteiger partial charge in [-0.1, -0.05) is 39.0 Å². The Balaban J connectivity index is 2.95. The molecule has 4 nitrogen and oxygen atoms in total. The molecule has 0 saturated carbocycles. The Hall–Kier alpha value is -2.10. The highest BCUT2D eigenvalue weighted by Crippen LogP contribution is 2.20. The Kier molecular flexibility index (Phi) is 7.01. The van der Waals surface area contributed by atoms with E-state index in [1.807, 2.05) is 50.7 Å². The van der Waals surface area contributed by atoms with Crippen molar-refractivity contribution in [1.29, 1.82) is 0 Å². The number of carbonyl (C=O) groups is 2. The van der Waals surface area contributed by atoms with Gasteiger partial charge in [-0.25, -0.2) is 0 Å². The highest BCUT2D eigenvalue weighted by molar-refractivity contribution is 5.89. The van der Waals surface area contributed by atoms with Crippen molar-refractivity contribution in [3.63, 3.8) is 0 Å².